The van der Waals surface area contributed by atoms with Crippen LogP contribution in [0, 0.1) is 6.92 Å². The van der Waals surface area contributed by atoms with Crippen molar-refractivity contribution in [1.29, 1.82) is 0 Å². The van der Waals surface area contributed by atoms with Crippen LogP contribution in [0.15, 0.2) is 71.3 Å². The number of hydrogen-bond acceptors (Lipinski definition) is 2. The lowest BCUT2D eigenvalue weighted by atomic mass is 10.0. The van der Waals surface area contributed by atoms with Gasteiger partial charge in [-0.25, -0.2) is 0 Å². The molecule has 0 radical (unpaired) electrons. The van der Waals surface area contributed by atoms with Crippen LogP contribution in [0.4, 0.5) is 5.69 Å². The molecule has 0 aliphatic rings. The Morgan fingerprint density at radius 1 is 1.00 bits per heavy atom. The molecule has 0 aliphatic carbocycles. The van der Waals surface area contributed by atoms with Crippen molar-refractivity contribution < 1.29 is 9.21 Å². The number of benzene rings is 2. The van der Waals surface area contributed by atoms with Crippen molar-refractivity contribution in [2.24, 2.45) is 0 Å². The molecule has 0 spiro atoms. The van der Waals surface area contributed by atoms with Gasteiger partial charge in [0.2, 0.25) is 0 Å². The number of aryl methyl sites for hydroxylation is 1. The lowest BCUT2D eigenvalue weighted by Gasteiger charge is -2.11. The van der Waals surface area contributed by atoms with E-state index in [2.05, 4.69) is 11.4 Å². The molecule has 0 saturated carbocycles. The highest BCUT2D eigenvalue weighted by atomic mass is 16.3. The van der Waals surface area contributed by atoms with Crippen LogP contribution in [-0.2, 0) is 0 Å². The number of carbonyl (C=O) groups is 1. The first-order chi connectivity index (χ1) is 10.2. The summed E-state index contributed by atoms with van der Waals surface area (Å²) in [4.78, 5) is 12.1. The van der Waals surface area contributed by atoms with Gasteiger partial charge in [-0.2, -0.15) is 0 Å². The minimum absolute atomic E-state index is 0.249. The topological polar surface area (TPSA) is 42.2 Å². The molecule has 0 atom stereocenters. The molecular formula is C18H15NO2. The van der Waals surface area contributed by atoms with Crippen molar-refractivity contribution in [3.05, 3.63) is 78.3 Å². The quantitative estimate of drug-likeness (QED) is 0.765. The largest absolute Gasteiger partial charge is 0.459 e. The maximum absolute atomic E-state index is 12.1. The van der Waals surface area contributed by atoms with Crippen molar-refractivity contribution in [2.75, 3.05) is 5.32 Å². The molecule has 1 heterocycles. The van der Waals surface area contributed by atoms with Crippen LogP contribution in [-0.4, -0.2) is 5.91 Å². The average molecular weight is 277 g/mol. The van der Waals surface area contributed by atoms with Gasteiger partial charge in [-0.05, 0) is 36.8 Å². The molecule has 0 bridgehead atoms. The summed E-state index contributed by atoms with van der Waals surface area (Å²) in [5.41, 5.74) is 3.98. The van der Waals surface area contributed by atoms with E-state index in [1.165, 1.54) is 6.26 Å². The third-order valence-corrected chi connectivity index (χ3v) is 3.25. The molecule has 0 aliphatic heterocycles. The van der Waals surface area contributed by atoms with Gasteiger partial charge in [0.05, 0.1) is 6.26 Å². The summed E-state index contributed by atoms with van der Waals surface area (Å²) in [6.45, 7) is 2.03. The van der Waals surface area contributed by atoms with E-state index >= 15 is 0 Å². The molecular weight excluding hydrogens is 262 g/mol. The molecule has 21 heavy (non-hydrogen) atoms. The Morgan fingerprint density at radius 3 is 2.52 bits per heavy atom. The van der Waals surface area contributed by atoms with E-state index in [9.17, 15) is 4.79 Å². The number of furan rings is 1. The summed E-state index contributed by atoms with van der Waals surface area (Å²) >= 11 is 0. The zero-order valence-corrected chi connectivity index (χ0v) is 11.7. The maximum Gasteiger partial charge on any atom is 0.291 e. The Bertz CT molecular complexity index is 746. The average Bonchev–Trinajstić information content (AvgIpc) is 3.04. The second-order valence-corrected chi connectivity index (χ2v) is 4.85. The Kier molecular flexibility index (Phi) is 3.56. The predicted molar refractivity (Wildman–Crippen MR) is 83.3 cm³/mol. The van der Waals surface area contributed by atoms with E-state index in [4.69, 9.17) is 4.42 Å². The number of hydrogen-bond donors (Lipinski definition) is 1. The van der Waals surface area contributed by atoms with E-state index in [0.717, 1.165) is 22.4 Å². The van der Waals surface area contributed by atoms with E-state index in [1.54, 1.807) is 12.1 Å². The summed E-state index contributed by atoms with van der Waals surface area (Å²) in [5.74, 6) is 0.0515. The number of carbonyl (C=O) groups excluding carboxylic acids is 1. The first-order valence-electron chi connectivity index (χ1n) is 6.75. The molecule has 3 heteroatoms. The maximum atomic E-state index is 12.1. The van der Waals surface area contributed by atoms with Gasteiger partial charge in [0.15, 0.2) is 5.76 Å². The second-order valence-electron chi connectivity index (χ2n) is 4.85. The zero-order chi connectivity index (χ0) is 14.7. The molecule has 1 aromatic heterocycles. The number of rotatable bonds is 3. The fourth-order valence-corrected chi connectivity index (χ4v) is 2.22. The zero-order valence-electron chi connectivity index (χ0n) is 11.7. The van der Waals surface area contributed by atoms with Gasteiger partial charge in [0.1, 0.15) is 0 Å². The first-order valence-corrected chi connectivity index (χ1v) is 6.75. The van der Waals surface area contributed by atoms with Gasteiger partial charge in [-0.3, -0.25) is 4.79 Å². The standard InChI is InChI=1S/C18H15NO2/c1-13-9-10-16(19-18(20)17-8-5-11-21-17)15(12-13)14-6-3-2-4-7-14/h2-12H,1H3,(H,19,20). The van der Waals surface area contributed by atoms with E-state index in [0.29, 0.717) is 5.76 Å². The summed E-state index contributed by atoms with van der Waals surface area (Å²) in [6, 6.07) is 19.3. The van der Waals surface area contributed by atoms with Crippen LogP contribution in [0.1, 0.15) is 16.1 Å². The fourth-order valence-electron chi connectivity index (χ4n) is 2.22. The Morgan fingerprint density at radius 2 is 1.81 bits per heavy atom. The fraction of sp³-hybridized carbons (Fsp3) is 0.0556. The predicted octanol–water partition coefficient (Wildman–Crippen LogP) is 4.51. The van der Waals surface area contributed by atoms with Crippen LogP contribution in [0.2, 0.25) is 0 Å². The lowest BCUT2D eigenvalue weighted by Crippen LogP contribution is -2.11. The van der Waals surface area contributed by atoms with Gasteiger partial charge in [0.25, 0.3) is 5.91 Å². The summed E-state index contributed by atoms with van der Waals surface area (Å²) in [6.07, 6.45) is 1.49. The van der Waals surface area contributed by atoms with Gasteiger partial charge in [-0.15, -0.1) is 0 Å². The SMILES string of the molecule is Cc1ccc(NC(=O)c2ccco2)c(-c2ccccc2)c1. The third-order valence-electron chi connectivity index (χ3n) is 3.25. The van der Waals surface area contributed by atoms with Crippen molar-refractivity contribution in [1.82, 2.24) is 0 Å². The second kappa shape index (κ2) is 5.67. The molecule has 1 amide bonds. The molecule has 104 valence electrons. The summed E-state index contributed by atoms with van der Waals surface area (Å²) in [5, 5.41) is 2.91. The first kappa shape index (κ1) is 13.2. The van der Waals surface area contributed by atoms with Crippen LogP contribution < -0.4 is 5.32 Å². The van der Waals surface area contributed by atoms with Gasteiger partial charge >= 0.3 is 0 Å². The molecule has 3 aromatic rings. The van der Waals surface area contributed by atoms with Crippen LogP contribution in [0.25, 0.3) is 11.1 Å². The molecule has 1 N–H and O–H groups in total. The lowest BCUT2D eigenvalue weighted by molar-refractivity contribution is 0.0996. The molecule has 0 fully saturated rings. The molecule has 0 unspecified atom stereocenters. The summed E-state index contributed by atoms with van der Waals surface area (Å²) in [7, 11) is 0. The van der Waals surface area contributed by atoms with Crippen LogP contribution >= 0.6 is 0 Å². The Labute approximate surface area is 123 Å². The van der Waals surface area contributed by atoms with Crippen LogP contribution in [0.5, 0.6) is 0 Å². The number of anilines is 1. The monoisotopic (exact) mass is 277 g/mol. The third kappa shape index (κ3) is 2.87. The normalized spacial score (nSPS) is 10.3. The van der Waals surface area contributed by atoms with Gasteiger partial charge in [-0.1, -0.05) is 42.0 Å². The van der Waals surface area contributed by atoms with Crippen LogP contribution in [0.3, 0.4) is 0 Å². The molecule has 0 saturated heterocycles. The van der Waals surface area contributed by atoms with Gasteiger partial charge < -0.3 is 9.73 Å². The number of nitrogens with one attached hydrogen (secondary N) is 1. The van der Waals surface area contributed by atoms with E-state index < -0.39 is 0 Å². The van der Waals surface area contributed by atoms with Gasteiger partial charge in [0, 0.05) is 11.3 Å². The highest BCUT2D eigenvalue weighted by molar-refractivity contribution is 6.04. The minimum atomic E-state index is -0.249. The smallest absolute Gasteiger partial charge is 0.291 e. The molecule has 2 aromatic carbocycles. The van der Waals surface area contributed by atoms with Crippen molar-refractivity contribution in [3.63, 3.8) is 0 Å². The van der Waals surface area contributed by atoms with Crippen molar-refractivity contribution in [3.8, 4) is 11.1 Å². The highest BCUT2D eigenvalue weighted by Gasteiger charge is 2.12. The molecule has 3 nitrogen and oxygen atoms in total. The number of amides is 1. The summed E-state index contributed by atoms with van der Waals surface area (Å²) < 4.78 is 5.12. The Hall–Kier alpha value is -2.81. The molecule has 3 rings (SSSR count). The van der Waals surface area contributed by atoms with E-state index in [-0.39, 0.29) is 5.91 Å². The van der Waals surface area contributed by atoms with E-state index in [1.807, 2.05) is 49.4 Å². The highest BCUT2D eigenvalue weighted by Crippen LogP contribution is 2.29. The minimum Gasteiger partial charge on any atom is -0.459 e. The van der Waals surface area contributed by atoms with Crippen molar-refractivity contribution >= 4 is 11.6 Å². The Balaban J connectivity index is 1.97. The van der Waals surface area contributed by atoms with Crippen molar-refractivity contribution in [2.45, 2.75) is 6.92 Å².